The number of aromatic nitrogens is 6. The monoisotopic (exact) mass is 408 g/mol. The van der Waals surface area contributed by atoms with Crippen molar-refractivity contribution in [3.63, 3.8) is 0 Å². The van der Waals surface area contributed by atoms with Gasteiger partial charge in [-0.1, -0.05) is 18.3 Å². The van der Waals surface area contributed by atoms with Crippen molar-refractivity contribution in [3.05, 3.63) is 27.8 Å². The molecule has 0 atom stereocenters. The third kappa shape index (κ3) is 2.62. The Labute approximate surface area is 148 Å². The first-order chi connectivity index (χ1) is 11.2. The number of rotatable bonds is 4. The van der Waals surface area contributed by atoms with Crippen molar-refractivity contribution in [1.29, 1.82) is 0 Å². The molecular weight excluding hydrogens is 396 g/mol. The van der Waals surface area contributed by atoms with Crippen LogP contribution in [-0.2, 0) is 6.54 Å². The minimum absolute atomic E-state index is 0.775. The van der Waals surface area contributed by atoms with E-state index >= 15 is 0 Å². The van der Waals surface area contributed by atoms with E-state index in [0.29, 0.717) is 0 Å². The van der Waals surface area contributed by atoms with E-state index in [-0.39, 0.29) is 0 Å². The number of hydrogen-bond donors (Lipinski definition) is 0. The fraction of sp³-hybridized carbons (Fsp3) is 0.286. The van der Waals surface area contributed by atoms with Crippen LogP contribution in [0.2, 0.25) is 0 Å². The summed E-state index contributed by atoms with van der Waals surface area (Å²) in [6.07, 6.45) is 3.12. The van der Waals surface area contributed by atoms with Gasteiger partial charge in [0.05, 0.1) is 19.9 Å². The number of thiophene rings is 1. The van der Waals surface area contributed by atoms with Gasteiger partial charge in [0.15, 0.2) is 10.8 Å². The normalized spacial score (nSPS) is 11.6. The first-order valence-electron chi connectivity index (χ1n) is 7.18. The Bertz CT molecular complexity index is 979. The van der Waals surface area contributed by atoms with Gasteiger partial charge in [0.25, 0.3) is 0 Å². The number of aryl methyl sites for hydroxylation is 2. The molecule has 0 aliphatic rings. The quantitative estimate of drug-likeness (QED) is 0.505. The van der Waals surface area contributed by atoms with Gasteiger partial charge in [-0.15, -0.1) is 21.5 Å². The van der Waals surface area contributed by atoms with Gasteiger partial charge in [-0.3, -0.25) is 4.68 Å². The van der Waals surface area contributed by atoms with Gasteiger partial charge in [-0.05, 0) is 41.4 Å². The third-order valence-corrected chi connectivity index (χ3v) is 5.97. The minimum Gasteiger partial charge on any atom is -0.272 e. The molecule has 9 heteroatoms. The molecule has 0 spiro atoms. The number of nitrogens with zero attached hydrogens (tertiary/aromatic N) is 6. The molecule has 0 amide bonds. The number of halogens is 1. The summed E-state index contributed by atoms with van der Waals surface area (Å²) in [6.45, 7) is 5.08. The van der Waals surface area contributed by atoms with E-state index in [9.17, 15) is 0 Å². The van der Waals surface area contributed by atoms with Gasteiger partial charge in [0, 0.05) is 12.7 Å². The van der Waals surface area contributed by atoms with Crippen LogP contribution in [0.4, 0.5) is 0 Å². The van der Waals surface area contributed by atoms with Crippen LogP contribution < -0.4 is 0 Å². The molecule has 0 radical (unpaired) electrons. The van der Waals surface area contributed by atoms with E-state index in [2.05, 4.69) is 44.3 Å². The molecule has 0 fully saturated rings. The van der Waals surface area contributed by atoms with E-state index in [1.807, 2.05) is 28.3 Å². The molecule has 0 aliphatic carbocycles. The Balaban J connectivity index is 1.79. The summed E-state index contributed by atoms with van der Waals surface area (Å²) in [5.74, 6) is 0.775. The first-order valence-corrected chi connectivity index (χ1v) is 9.60. The molecular formula is C14H13BrN6S2. The summed E-state index contributed by atoms with van der Waals surface area (Å²) < 4.78 is 4.86. The molecule has 23 heavy (non-hydrogen) atoms. The van der Waals surface area contributed by atoms with E-state index in [1.54, 1.807) is 11.3 Å². The zero-order chi connectivity index (χ0) is 16.0. The molecule has 0 bridgehead atoms. The van der Waals surface area contributed by atoms with Crippen LogP contribution in [0, 0.1) is 6.92 Å². The van der Waals surface area contributed by atoms with Crippen molar-refractivity contribution in [2.75, 3.05) is 0 Å². The summed E-state index contributed by atoms with van der Waals surface area (Å²) in [5.41, 5.74) is 2.05. The smallest absolute Gasteiger partial charge is 0.235 e. The molecule has 4 aromatic rings. The summed E-state index contributed by atoms with van der Waals surface area (Å²) in [6, 6.07) is 4.03. The average molecular weight is 409 g/mol. The lowest BCUT2D eigenvalue weighted by Gasteiger charge is -1.94. The lowest BCUT2D eigenvalue weighted by atomic mass is 10.3. The fourth-order valence-electron chi connectivity index (χ4n) is 2.39. The molecule has 6 nitrogen and oxygen atoms in total. The zero-order valence-corrected chi connectivity index (χ0v) is 15.7. The maximum Gasteiger partial charge on any atom is 0.235 e. The van der Waals surface area contributed by atoms with Crippen LogP contribution in [0.3, 0.4) is 0 Å². The standard InChI is InChI=1S/C14H13BrN6S2/c1-3-6-20-7-9(8(2)18-20)13-19-21-12(16-17-14(21)23-13)10-4-5-11(15)22-10/h4-5,7H,3,6H2,1-2H3. The van der Waals surface area contributed by atoms with Crippen LogP contribution >= 0.6 is 38.6 Å². The summed E-state index contributed by atoms with van der Waals surface area (Å²) in [5, 5.41) is 18.7. The molecule has 0 saturated carbocycles. The first kappa shape index (κ1) is 15.0. The largest absolute Gasteiger partial charge is 0.272 e. The van der Waals surface area contributed by atoms with Crippen LogP contribution in [0.1, 0.15) is 19.0 Å². The second-order valence-corrected chi connectivity index (χ2v) is 8.54. The summed E-state index contributed by atoms with van der Waals surface area (Å²) in [4.78, 5) is 1.83. The van der Waals surface area contributed by atoms with Gasteiger partial charge in [0.2, 0.25) is 4.96 Å². The van der Waals surface area contributed by atoms with Gasteiger partial charge in [0.1, 0.15) is 0 Å². The van der Waals surface area contributed by atoms with Crippen molar-refractivity contribution < 1.29 is 0 Å². The highest BCUT2D eigenvalue weighted by atomic mass is 79.9. The Morgan fingerprint density at radius 3 is 2.78 bits per heavy atom. The van der Waals surface area contributed by atoms with E-state index in [0.717, 1.165) is 48.7 Å². The van der Waals surface area contributed by atoms with Crippen molar-refractivity contribution in [2.24, 2.45) is 0 Å². The van der Waals surface area contributed by atoms with Crippen molar-refractivity contribution >= 4 is 43.6 Å². The lowest BCUT2D eigenvalue weighted by Crippen LogP contribution is -1.96. The predicted octanol–water partition coefficient (Wildman–Crippen LogP) is 4.26. The maximum atomic E-state index is 4.71. The molecule has 118 valence electrons. The van der Waals surface area contributed by atoms with Crippen LogP contribution in [0.25, 0.3) is 26.2 Å². The second kappa shape index (κ2) is 5.81. The highest BCUT2D eigenvalue weighted by Crippen LogP contribution is 2.33. The van der Waals surface area contributed by atoms with E-state index in [4.69, 9.17) is 5.10 Å². The van der Waals surface area contributed by atoms with Crippen LogP contribution in [0.15, 0.2) is 22.1 Å². The molecule has 0 aromatic carbocycles. The summed E-state index contributed by atoms with van der Waals surface area (Å²) in [7, 11) is 0. The zero-order valence-electron chi connectivity index (χ0n) is 12.5. The highest BCUT2D eigenvalue weighted by Gasteiger charge is 2.18. The minimum atomic E-state index is 0.775. The third-order valence-electron chi connectivity index (χ3n) is 3.41. The van der Waals surface area contributed by atoms with Gasteiger partial charge < -0.3 is 0 Å². The highest BCUT2D eigenvalue weighted by molar-refractivity contribution is 9.11. The topological polar surface area (TPSA) is 60.9 Å². The van der Waals surface area contributed by atoms with E-state index in [1.165, 1.54) is 11.3 Å². The average Bonchev–Trinajstić information content (AvgIpc) is 3.23. The van der Waals surface area contributed by atoms with Crippen molar-refractivity contribution in [3.8, 4) is 21.3 Å². The number of hydrogen-bond acceptors (Lipinski definition) is 6. The molecule has 4 heterocycles. The Morgan fingerprint density at radius 1 is 1.17 bits per heavy atom. The SMILES string of the molecule is CCCn1cc(-c2nn3c(-c4ccc(Br)s4)nnc3s2)c(C)n1. The Morgan fingerprint density at radius 2 is 2.04 bits per heavy atom. The predicted molar refractivity (Wildman–Crippen MR) is 95.9 cm³/mol. The Hall–Kier alpha value is -1.58. The number of fused-ring (bicyclic) bond motifs is 1. The molecule has 4 rings (SSSR count). The van der Waals surface area contributed by atoms with Gasteiger partial charge >= 0.3 is 0 Å². The van der Waals surface area contributed by atoms with Crippen molar-refractivity contribution in [1.82, 2.24) is 29.6 Å². The van der Waals surface area contributed by atoms with Crippen LogP contribution in [-0.4, -0.2) is 29.6 Å². The molecule has 0 N–H and O–H groups in total. The molecule has 4 aromatic heterocycles. The molecule has 0 aliphatic heterocycles. The second-order valence-electron chi connectivity index (χ2n) is 5.12. The van der Waals surface area contributed by atoms with Gasteiger partial charge in [-0.2, -0.15) is 14.7 Å². The fourth-order valence-corrected chi connectivity index (χ4v) is 4.64. The lowest BCUT2D eigenvalue weighted by molar-refractivity contribution is 0.598. The summed E-state index contributed by atoms with van der Waals surface area (Å²) >= 11 is 6.64. The maximum absolute atomic E-state index is 4.71. The van der Waals surface area contributed by atoms with Crippen LogP contribution in [0.5, 0.6) is 0 Å². The van der Waals surface area contributed by atoms with Gasteiger partial charge in [-0.25, -0.2) is 0 Å². The van der Waals surface area contributed by atoms with Crippen molar-refractivity contribution in [2.45, 2.75) is 26.8 Å². The molecule has 0 unspecified atom stereocenters. The van der Waals surface area contributed by atoms with E-state index < -0.39 is 0 Å². The molecule has 0 saturated heterocycles. The Kier molecular flexibility index (Phi) is 3.78.